The summed E-state index contributed by atoms with van der Waals surface area (Å²) in [5.41, 5.74) is 0. The van der Waals surface area contributed by atoms with E-state index in [4.69, 9.17) is 4.74 Å². The summed E-state index contributed by atoms with van der Waals surface area (Å²) in [7, 11) is 1.80. The van der Waals surface area contributed by atoms with E-state index in [2.05, 4.69) is 10.2 Å². The summed E-state index contributed by atoms with van der Waals surface area (Å²) in [6, 6.07) is 1.75. The third kappa shape index (κ3) is 4.81. The van der Waals surface area contributed by atoms with Crippen molar-refractivity contribution in [3.8, 4) is 0 Å². The van der Waals surface area contributed by atoms with Crippen molar-refractivity contribution in [2.45, 2.75) is 50.6 Å². The van der Waals surface area contributed by atoms with Crippen molar-refractivity contribution in [1.29, 1.82) is 0 Å². The first-order valence-electron chi connectivity index (χ1n) is 6.86. The number of methoxy groups -OCH3 is 1. The minimum atomic E-state index is 0.869. The molecular weight excluding hydrogens is 200 g/mol. The highest BCUT2D eigenvalue weighted by molar-refractivity contribution is 4.84. The molecule has 2 saturated carbocycles. The second kappa shape index (κ2) is 6.58. The van der Waals surface area contributed by atoms with Gasteiger partial charge in [-0.05, 0) is 51.6 Å². The molecule has 2 aliphatic carbocycles. The van der Waals surface area contributed by atoms with Crippen LogP contribution in [-0.2, 0) is 4.74 Å². The normalized spacial score (nSPS) is 20.6. The van der Waals surface area contributed by atoms with Crippen molar-refractivity contribution in [2.75, 3.05) is 33.4 Å². The summed E-state index contributed by atoms with van der Waals surface area (Å²) in [4.78, 5) is 2.61. The highest BCUT2D eigenvalue weighted by Crippen LogP contribution is 2.26. The second-order valence-corrected chi connectivity index (χ2v) is 5.20. The second-order valence-electron chi connectivity index (χ2n) is 5.20. The van der Waals surface area contributed by atoms with Gasteiger partial charge in [-0.2, -0.15) is 0 Å². The van der Waals surface area contributed by atoms with E-state index in [1.54, 1.807) is 7.11 Å². The Morgan fingerprint density at radius 1 is 1.12 bits per heavy atom. The van der Waals surface area contributed by atoms with Crippen LogP contribution >= 0.6 is 0 Å². The third-order valence-electron chi connectivity index (χ3n) is 3.53. The molecule has 94 valence electrons. The molecule has 16 heavy (non-hydrogen) atoms. The molecule has 0 amide bonds. The van der Waals surface area contributed by atoms with Crippen molar-refractivity contribution < 1.29 is 4.74 Å². The van der Waals surface area contributed by atoms with Crippen molar-refractivity contribution >= 4 is 0 Å². The Kier molecular flexibility index (Phi) is 5.07. The Labute approximate surface area is 99.5 Å². The standard InChI is InChI=1S/C13H26N2O/c1-16-11-10-15(13-6-7-13)9-3-2-8-14-12-4-5-12/h12-14H,2-11H2,1H3. The Morgan fingerprint density at radius 3 is 2.56 bits per heavy atom. The minimum Gasteiger partial charge on any atom is -0.383 e. The van der Waals surface area contributed by atoms with Crippen LogP contribution in [-0.4, -0.2) is 50.3 Å². The molecule has 3 nitrogen and oxygen atoms in total. The van der Waals surface area contributed by atoms with Gasteiger partial charge in [0.2, 0.25) is 0 Å². The molecular formula is C13H26N2O. The van der Waals surface area contributed by atoms with Crippen LogP contribution in [0.2, 0.25) is 0 Å². The lowest BCUT2D eigenvalue weighted by molar-refractivity contribution is 0.142. The first kappa shape index (κ1) is 12.3. The highest BCUT2D eigenvalue weighted by atomic mass is 16.5. The molecule has 0 atom stereocenters. The predicted octanol–water partition coefficient (Wildman–Crippen LogP) is 1.63. The van der Waals surface area contributed by atoms with Crippen molar-refractivity contribution in [2.24, 2.45) is 0 Å². The topological polar surface area (TPSA) is 24.5 Å². The zero-order chi connectivity index (χ0) is 11.2. The summed E-state index contributed by atoms with van der Waals surface area (Å²) in [5, 5.41) is 3.58. The molecule has 0 aromatic heterocycles. The van der Waals surface area contributed by atoms with Crippen LogP contribution in [0.5, 0.6) is 0 Å². The lowest BCUT2D eigenvalue weighted by Gasteiger charge is -2.21. The minimum absolute atomic E-state index is 0.869. The first-order chi connectivity index (χ1) is 7.90. The zero-order valence-electron chi connectivity index (χ0n) is 10.6. The van der Waals surface area contributed by atoms with E-state index < -0.39 is 0 Å². The van der Waals surface area contributed by atoms with Crippen LogP contribution in [0, 0.1) is 0 Å². The van der Waals surface area contributed by atoms with Crippen molar-refractivity contribution in [3.05, 3.63) is 0 Å². The Bertz CT molecular complexity index is 190. The SMILES string of the molecule is COCCN(CCCCNC1CC1)C1CC1. The number of hydrogen-bond acceptors (Lipinski definition) is 3. The molecule has 0 unspecified atom stereocenters. The summed E-state index contributed by atoms with van der Waals surface area (Å²) in [6.07, 6.45) is 8.28. The van der Waals surface area contributed by atoms with Gasteiger partial charge < -0.3 is 10.1 Å². The molecule has 0 radical (unpaired) electrons. The predicted molar refractivity (Wildman–Crippen MR) is 66.7 cm³/mol. The number of nitrogens with zero attached hydrogens (tertiary/aromatic N) is 1. The van der Waals surface area contributed by atoms with Crippen LogP contribution in [0.1, 0.15) is 38.5 Å². The van der Waals surface area contributed by atoms with Gasteiger partial charge >= 0.3 is 0 Å². The molecule has 0 aromatic carbocycles. The molecule has 0 heterocycles. The smallest absolute Gasteiger partial charge is 0.0589 e. The number of nitrogens with one attached hydrogen (secondary N) is 1. The largest absolute Gasteiger partial charge is 0.383 e. The molecule has 0 aliphatic heterocycles. The monoisotopic (exact) mass is 226 g/mol. The summed E-state index contributed by atoms with van der Waals surface area (Å²) in [6.45, 7) is 4.49. The van der Waals surface area contributed by atoms with Gasteiger partial charge in [0.25, 0.3) is 0 Å². The molecule has 0 saturated heterocycles. The molecule has 3 heteroatoms. The fourth-order valence-corrected chi connectivity index (χ4v) is 2.16. The van der Waals surface area contributed by atoms with E-state index >= 15 is 0 Å². The number of ether oxygens (including phenoxy) is 1. The van der Waals surface area contributed by atoms with Gasteiger partial charge in [-0.3, -0.25) is 4.90 Å². The number of unbranched alkanes of at least 4 members (excludes halogenated alkanes) is 1. The van der Waals surface area contributed by atoms with Gasteiger partial charge in [-0.1, -0.05) is 0 Å². The van der Waals surface area contributed by atoms with E-state index in [0.29, 0.717) is 0 Å². The van der Waals surface area contributed by atoms with Gasteiger partial charge in [-0.25, -0.2) is 0 Å². The Balaban J connectivity index is 1.47. The molecule has 2 fully saturated rings. The average molecular weight is 226 g/mol. The molecule has 2 rings (SSSR count). The fourth-order valence-electron chi connectivity index (χ4n) is 2.16. The van der Waals surface area contributed by atoms with Crippen LogP contribution in [0.25, 0.3) is 0 Å². The zero-order valence-corrected chi connectivity index (χ0v) is 10.6. The highest BCUT2D eigenvalue weighted by Gasteiger charge is 2.28. The third-order valence-corrected chi connectivity index (χ3v) is 3.53. The number of rotatable bonds is 10. The molecule has 0 bridgehead atoms. The van der Waals surface area contributed by atoms with Gasteiger partial charge in [0.05, 0.1) is 6.61 Å². The average Bonchev–Trinajstić information content (AvgIpc) is 3.15. The van der Waals surface area contributed by atoms with E-state index in [1.165, 1.54) is 51.6 Å². The maximum Gasteiger partial charge on any atom is 0.0589 e. The number of hydrogen-bond donors (Lipinski definition) is 1. The van der Waals surface area contributed by atoms with Crippen LogP contribution in [0.3, 0.4) is 0 Å². The van der Waals surface area contributed by atoms with Crippen LogP contribution < -0.4 is 5.32 Å². The fraction of sp³-hybridized carbons (Fsp3) is 1.00. The molecule has 0 aromatic rings. The summed E-state index contributed by atoms with van der Waals surface area (Å²) >= 11 is 0. The van der Waals surface area contributed by atoms with Gasteiger partial charge in [0, 0.05) is 25.7 Å². The van der Waals surface area contributed by atoms with E-state index in [9.17, 15) is 0 Å². The van der Waals surface area contributed by atoms with Gasteiger partial charge in [0.15, 0.2) is 0 Å². The quantitative estimate of drug-likeness (QED) is 0.573. The van der Waals surface area contributed by atoms with Crippen molar-refractivity contribution in [1.82, 2.24) is 10.2 Å². The van der Waals surface area contributed by atoms with Gasteiger partial charge in [-0.15, -0.1) is 0 Å². The Hall–Kier alpha value is -0.120. The first-order valence-corrected chi connectivity index (χ1v) is 6.86. The van der Waals surface area contributed by atoms with Crippen LogP contribution in [0.4, 0.5) is 0 Å². The van der Waals surface area contributed by atoms with Gasteiger partial charge in [0.1, 0.15) is 0 Å². The lowest BCUT2D eigenvalue weighted by atomic mass is 10.3. The maximum atomic E-state index is 5.16. The summed E-state index contributed by atoms with van der Waals surface area (Å²) < 4.78 is 5.16. The summed E-state index contributed by atoms with van der Waals surface area (Å²) in [5.74, 6) is 0. The van der Waals surface area contributed by atoms with E-state index in [1.807, 2.05) is 0 Å². The van der Waals surface area contributed by atoms with Crippen LogP contribution in [0.15, 0.2) is 0 Å². The molecule has 1 N–H and O–H groups in total. The van der Waals surface area contributed by atoms with Crippen molar-refractivity contribution in [3.63, 3.8) is 0 Å². The Morgan fingerprint density at radius 2 is 1.94 bits per heavy atom. The maximum absolute atomic E-state index is 5.16. The molecule has 2 aliphatic rings. The lowest BCUT2D eigenvalue weighted by Crippen LogP contribution is -2.31. The van der Waals surface area contributed by atoms with E-state index in [0.717, 1.165) is 25.2 Å². The molecule has 0 spiro atoms. The van der Waals surface area contributed by atoms with E-state index in [-0.39, 0.29) is 0 Å².